The minimum atomic E-state index is -0.409. The minimum Gasteiger partial charge on any atom is -0.457 e. The summed E-state index contributed by atoms with van der Waals surface area (Å²) in [5, 5.41) is 9.18. The summed E-state index contributed by atoms with van der Waals surface area (Å²) in [6, 6.07) is 4.58. The van der Waals surface area contributed by atoms with Gasteiger partial charge in [-0.25, -0.2) is 9.59 Å². The fraction of sp³-hybridized carbons (Fsp3) is 0.375. The second-order valence-electron chi connectivity index (χ2n) is 5.81. The molecule has 2 aliphatic rings. The topological polar surface area (TPSA) is 116 Å². The van der Waals surface area contributed by atoms with Crippen LogP contribution in [-0.4, -0.2) is 28.7 Å². The highest BCUT2D eigenvalue weighted by Crippen LogP contribution is 2.27. The molecule has 1 aromatic carbocycles. The van der Waals surface area contributed by atoms with E-state index < -0.39 is 6.03 Å². The maximum atomic E-state index is 12.0. The number of ether oxygens (including phenoxy) is 2. The molecule has 9 nitrogen and oxygen atoms in total. The second-order valence-corrected chi connectivity index (χ2v) is 5.81. The highest BCUT2D eigenvalue weighted by molar-refractivity contribution is 5.95. The Kier molecular flexibility index (Phi) is 4.06. The minimum absolute atomic E-state index is 0.134. The number of esters is 1. The zero-order valence-electron chi connectivity index (χ0n) is 13.3. The standard InChI is InChI=1S/C16H16N4O5/c21-15-11-4-3-10(6-9(11)8-24-15)18-16(22)17-7-13-19-14(25-20-13)12-2-1-5-23-12/h3-4,6,12H,1-2,5,7-8H2,(H2,17,18,22)/t12-/m0/s1. The molecule has 1 aromatic heterocycles. The van der Waals surface area contributed by atoms with Gasteiger partial charge in [0.2, 0.25) is 0 Å². The first-order valence-electron chi connectivity index (χ1n) is 7.98. The monoisotopic (exact) mass is 344 g/mol. The number of carbonyl (C=O) groups is 2. The number of benzene rings is 1. The van der Waals surface area contributed by atoms with Crippen LogP contribution in [0, 0.1) is 0 Å². The Bertz CT molecular complexity index is 813. The first kappa shape index (κ1) is 15.6. The molecular weight excluding hydrogens is 328 g/mol. The Balaban J connectivity index is 1.31. The summed E-state index contributed by atoms with van der Waals surface area (Å²) in [6.07, 6.45) is 1.69. The molecule has 2 aliphatic heterocycles. The van der Waals surface area contributed by atoms with E-state index in [9.17, 15) is 9.59 Å². The van der Waals surface area contributed by atoms with Crippen molar-refractivity contribution in [2.45, 2.75) is 32.1 Å². The molecule has 1 fully saturated rings. The van der Waals surface area contributed by atoms with Crippen LogP contribution in [0.25, 0.3) is 0 Å². The van der Waals surface area contributed by atoms with Crippen molar-refractivity contribution >= 4 is 17.7 Å². The molecule has 25 heavy (non-hydrogen) atoms. The van der Waals surface area contributed by atoms with E-state index in [1.54, 1.807) is 18.2 Å². The Labute approximate surface area is 142 Å². The van der Waals surface area contributed by atoms with Crippen LogP contribution >= 0.6 is 0 Å². The molecule has 1 atom stereocenters. The van der Waals surface area contributed by atoms with Gasteiger partial charge in [-0.2, -0.15) is 4.98 Å². The van der Waals surface area contributed by atoms with Gasteiger partial charge in [-0.3, -0.25) is 0 Å². The van der Waals surface area contributed by atoms with Crippen molar-refractivity contribution in [3.63, 3.8) is 0 Å². The Hall–Kier alpha value is -2.94. The normalized spacial score (nSPS) is 18.7. The molecule has 1 saturated heterocycles. The predicted octanol–water partition coefficient (Wildman–Crippen LogP) is 1.91. The number of cyclic esters (lactones) is 1. The first-order valence-corrected chi connectivity index (χ1v) is 7.98. The van der Waals surface area contributed by atoms with Crippen LogP contribution in [0.3, 0.4) is 0 Å². The van der Waals surface area contributed by atoms with E-state index in [0.717, 1.165) is 18.4 Å². The molecule has 3 heterocycles. The lowest BCUT2D eigenvalue weighted by molar-refractivity contribution is 0.0535. The average molecular weight is 344 g/mol. The summed E-state index contributed by atoms with van der Waals surface area (Å²) in [4.78, 5) is 27.6. The highest BCUT2D eigenvalue weighted by atomic mass is 16.5. The number of fused-ring (bicyclic) bond motifs is 1. The van der Waals surface area contributed by atoms with Crippen molar-refractivity contribution in [2.24, 2.45) is 0 Å². The third-order valence-corrected chi connectivity index (χ3v) is 4.04. The van der Waals surface area contributed by atoms with Gasteiger partial charge in [-0.05, 0) is 31.0 Å². The van der Waals surface area contributed by atoms with Gasteiger partial charge in [0.25, 0.3) is 5.89 Å². The van der Waals surface area contributed by atoms with Crippen molar-refractivity contribution in [1.82, 2.24) is 15.5 Å². The molecule has 0 radical (unpaired) electrons. The van der Waals surface area contributed by atoms with Gasteiger partial charge in [0, 0.05) is 17.9 Å². The molecule has 2 N–H and O–H groups in total. The van der Waals surface area contributed by atoms with Crippen molar-refractivity contribution in [3.8, 4) is 0 Å². The van der Waals surface area contributed by atoms with Crippen molar-refractivity contribution in [1.29, 1.82) is 0 Å². The average Bonchev–Trinajstić information content (AvgIpc) is 3.34. The van der Waals surface area contributed by atoms with Crippen LogP contribution in [0.4, 0.5) is 10.5 Å². The SMILES string of the molecule is O=C(NCc1noc([C@@H]2CCCO2)n1)Nc1ccc2c(c1)COC2=O. The van der Waals surface area contributed by atoms with Crippen molar-refractivity contribution in [2.75, 3.05) is 11.9 Å². The van der Waals surface area contributed by atoms with Crippen LogP contribution in [0.1, 0.15) is 46.6 Å². The number of carbonyl (C=O) groups excluding carboxylic acids is 2. The maximum Gasteiger partial charge on any atom is 0.338 e. The number of nitrogens with zero attached hydrogens (tertiary/aromatic N) is 2. The fourth-order valence-electron chi connectivity index (χ4n) is 2.79. The number of aromatic nitrogens is 2. The van der Waals surface area contributed by atoms with Gasteiger partial charge in [0.05, 0.1) is 12.1 Å². The molecule has 0 aliphatic carbocycles. The smallest absolute Gasteiger partial charge is 0.338 e. The van der Waals surface area contributed by atoms with E-state index in [1.165, 1.54) is 0 Å². The number of anilines is 1. The molecule has 9 heteroatoms. The summed E-state index contributed by atoms with van der Waals surface area (Å²) in [7, 11) is 0. The third kappa shape index (κ3) is 3.31. The van der Waals surface area contributed by atoms with Crippen LogP contribution in [0.15, 0.2) is 22.7 Å². The number of hydrogen-bond donors (Lipinski definition) is 2. The lowest BCUT2D eigenvalue weighted by Crippen LogP contribution is -2.28. The Morgan fingerprint density at radius 1 is 1.36 bits per heavy atom. The fourth-order valence-corrected chi connectivity index (χ4v) is 2.79. The van der Waals surface area contributed by atoms with E-state index in [0.29, 0.717) is 29.6 Å². The first-order chi connectivity index (χ1) is 12.2. The zero-order valence-corrected chi connectivity index (χ0v) is 13.3. The summed E-state index contributed by atoms with van der Waals surface area (Å²) >= 11 is 0. The molecule has 4 rings (SSSR count). The number of hydrogen-bond acceptors (Lipinski definition) is 7. The lowest BCUT2D eigenvalue weighted by atomic mass is 10.1. The van der Waals surface area contributed by atoms with Crippen molar-refractivity contribution in [3.05, 3.63) is 41.0 Å². The predicted molar refractivity (Wildman–Crippen MR) is 83.6 cm³/mol. The quantitative estimate of drug-likeness (QED) is 0.814. The highest BCUT2D eigenvalue weighted by Gasteiger charge is 2.24. The molecule has 130 valence electrons. The van der Waals surface area contributed by atoms with Gasteiger partial charge in [-0.15, -0.1) is 0 Å². The van der Waals surface area contributed by atoms with E-state index in [4.69, 9.17) is 14.0 Å². The van der Waals surface area contributed by atoms with Crippen LogP contribution in [0.5, 0.6) is 0 Å². The maximum absolute atomic E-state index is 12.0. The number of nitrogens with one attached hydrogen (secondary N) is 2. The van der Waals surface area contributed by atoms with E-state index in [-0.39, 0.29) is 25.2 Å². The number of rotatable bonds is 4. The van der Waals surface area contributed by atoms with Crippen LogP contribution < -0.4 is 10.6 Å². The molecule has 0 saturated carbocycles. The van der Waals surface area contributed by atoms with E-state index >= 15 is 0 Å². The summed E-state index contributed by atoms with van der Waals surface area (Å²) in [5.41, 5.74) is 1.85. The summed E-state index contributed by atoms with van der Waals surface area (Å²) in [5.74, 6) is 0.483. The van der Waals surface area contributed by atoms with Crippen molar-refractivity contribution < 1.29 is 23.6 Å². The van der Waals surface area contributed by atoms with Gasteiger partial charge in [0.15, 0.2) is 5.82 Å². The molecular formula is C16H16N4O5. The molecule has 0 unspecified atom stereocenters. The lowest BCUT2D eigenvalue weighted by Gasteiger charge is -2.06. The summed E-state index contributed by atoms with van der Waals surface area (Å²) in [6.45, 7) is 1.05. The zero-order chi connectivity index (χ0) is 17.2. The number of urea groups is 1. The Morgan fingerprint density at radius 3 is 3.12 bits per heavy atom. The van der Waals surface area contributed by atoms with Crippen LogP contribution in [-0.2, 0) is 22.6 Å². The molecule has 0 spiro atoms. The van der Waals surface area contributed by atoms with Crippen LogP contribution in [0.2, 0.25) is 0 Å². The second kappa shape index (κ2) is 6.52. The van der Waals surface area contributed by atoms with Gasteiger partial charge >= 0.3 is 12.0 Å². The Morgan fingerprint density at radius 2 is 2.28 bits per heavy atom. The largest absolute Gasteiger partial charge is 0.457 e. The van der Waals surface area contributed by atoms with Gasteiger partial charge in [0.1, 0.15) is 12.7 Å². The molecule has 2 aromatic rings. The van der Waals surface area contributed by atoms with E-state index in [2.05, 4.69) is 20.8 Å². The van der Waals surface area contributed by atoms with Gasteiger partial charge in [-0.1, -0.05) is 5.16 Å². The number of amides is 2. The molecule has 0 bridgehead atoms. The third-order valence-electron chi connectivity index (χ3n) is 4.04. The molecule has 2 amide bonds. The van der Waals surface area contributed by atoms with E-state index in [1.807, 2.05) is 0 Å². The van der Waals surface area contributed by atoms with Gasteiger partial charge < -0.3 is 24.6 Å². The summed E-state index contributed by atoms with van der Waals surface area (Å²) < 4.78 is 15.6.